The molecule has 2 aliphatic rings. The first-order chi connectivity index (χ1) is 17.8. The normalized spacial score (nSPS) is 21.2. The van der Waals surface area contributed by atoms with Gasteiger partial charge < -0.3 is 19.5 Å². The number of halogens is 1. The molecule has 37 heavy (non-hydrogen) atoms. The van der Waals surface area contributed by atoms with Crippen molar-refractivity contribution in [2.24, 2.45) is 5.92 Å². The number of ether oxygens (including phenoxy) is 3. The van der Waals surface area contributed by atoms with E-state index in [0.29, 0.717) is 34.7 Å². The molecule has 1 heterocycles. The molecule has 0 amide bonds. The van der Waals surface area contributed by atoms with Crippen LogP contribution in [0.3, 0.4) is 0 Å². The van der Waals surface area contributed by atoms with Crippen LogP contribution in [0.1, 0.15) is 50.2 Å². The van der Waals surface area contributed by atoms with E-state index in [4.69, 9.17) is 14.2 Å². The molecule has 2 aromatic rings. The topological polar surface area (TPSA) is 90.9 Å². The first-order valence-electron chi connectivity index (χ1n) is 12.3. The predicted molar refractivity (Wildman–Crippen MR) is 142 cm³/mol. The lowest BCUT2D eigenvalue weighted by Gasteiger charge is -2.39. The van der Waals surface area contributed by atoms with Gasteiger partial charge in [-0.25, -0.2) is 4.79 Å². The number of Topliss-reactive ketones (excluding diaryl/α,β-unsaturated/α-hetero) is 1. The van der Waals surface area contributed by atoms with Gasteiger partial charge in [-0.15, -0.1) is 0 Å². The second-order valence-electron chi connectivity index (χ2n) is 8.91. The molecule has 1 aliphatic carbocycles. The van der Waals surface area contributed by atoms with Crippen molar-refractivity contribution in [1.29, 1.82) is 0 Å². The minimum absolute atomic E-state index is 0.147. The second-order valence-corrected chi connectivity index (χ2v) is 9.82. The Morgan fingerprint density at radius 1 is 1.03 bits per heavy atom. The third kappa shape index (κ3) is 5.07. The van der Waals surface area contributed by atoms with E-state index < -0.39 is 29.7 Å². The van der Waals surface area contributed by atoms with Crippen LogP contribution in [-0.2, 0) is 23.9 Å². The van der Waals surface area contributed by atoms with Crippen LogP contribution in [0.2, 0.25) is 0 Å². The van der Waals surface area contributed by atoms with Gasteiger partial charge in [-0.3, -0.25) is 9.59 Å². The van der Waals surface area contributed by atoms with Gasteiger partial charge in [0.15, 0.2) is 5.78 Å². The van der Waals surface area contributed by atoms with Gasteiger partial charge in [-0.05, 0) is 56.5 Å². The summed E-state index contributed by atoms with van der Waals surface area (Å²) in [4.78, 5) is 40.8. The highest BCUT2D eigenvalue weighted by Crippen LogP contribution is 2.49. The highest BCUT2D eigenvalue weighted by molar-refractivity contribution is 9.10. The van der Waals surface area contributed by atoms with Crippen LogP contribution >= 0.6 is 15.9 Å². The monoisotopic (exact) mass is 567 g/mol. The lowest BCUT2D eigenvalue weighted by atomic mass is 9.67. The van der Waals surface area contributed by atoms with E-state index >= 15 is 0 Å². The maximum absolute atomic E-state index is 14.3. The fraction of sp³-hybridized carbons (Fsp3) is 0.345. The number of carbonyl (C=O) groups excluding carboxylic acids is 3. The van der Waals surface area contributed by atoms with E-state index in [1.54, 1.807) is 21.0 Å². The number of rotatable bonds is 7. The molecule has 0 radical (unpaired) electrons. The third-order valence-electron chi connectivity index (χ3n) is 6.80. The number of hydrogen-bond donors (Lipinski definition) is 1. The summed E-state index contributed by atoms with van der Waals surface area (Å²) >= 11 is 3.46. The summed E-state index contributed by atoms with van der Waals surface area (Å²) in [5, 5.41) is 3.31. The van der Waals surface area contributed by atoms with Gasteiger partial charge in [-0.2, -0.15) is 0 Å². The standard InChI is InChI=1S/C29H30BrNO6/c1-5-36-28(33)23-16(3)31-21-15-20(19-9-7-8-10-22(19)35-4)25(29(34)37-6-2)27(32)26(21)24(23)17-11-13-18(30)14-12-17/h7-14,20,24-25,31H,5-6,15H2,1-4H3/t20-,24+,25-/m0/s1. The van der Waals surface area contributed by atoms with Crippen LogP contribution in [0.4, 0.5) is 0 Å². The van der Waals surface area contributed by atoms with E-state index in [2.05, 4.69) is 21.2 Å². The number of benzene rings is 2. The fourth-order valence-electron chi connectivity index (χ4n) is 5.27. The van der Waals surface area contributed by atoms with Crippen LogP contribution in [0.15, 0.2) is 75.5 Å². The minimum atomic E-state index is -1.09. The SMILES string of the molecule is CCOC(=O)C1=C(C)NC2=C(C(=O)[C@@H](C(=O)OCC)[C@H](c3ccccc3OC)C2)[C@@H]1c1ccc(Br)cc1. The molecule has 0 bridgehead atoms. The Morgan fingerprint density at radius 2 is 1.70 bits per heavy atom. The minimum Gasteiger partial charge on any atom is -0.496 e. The van der Waals surface area contributed by atoms with Crippen molar-refractivity contribution in [3.63, 3.8) is 0 Å². The number of dihydropyridines is 1. The molecule has 2 aromatic carbocycles. The van der Waals surface area contributed by atoms with Crippen molar-refractivity contribution in [1.82, 2.24) is 5.32 Å². The molecule has 0 fully saturated rings. The van der Waals surface area contributed by atoms with E-state index in [1.807, 2.05) is 55.5 Å². The maximum atomic E-state index is 14.3. The van der Waals surface area contributed by atoms with Gasteiger partial charge >= 0.3 is 11.9 Å². The average Bonchev–Trinajstić information content (AvgIpc) is 2.88. The maximum Gasteiger partial charge on any atom is 0.336 e. The lowest BCUT2D eigenvalue weighted by molar-refractivity contribution is -0.152. The molecular weight excluding hydrogens is 538 g/mol. The summed E-state index contributed by atoms with van der Waals surface area (Å²) in [5.41, 5.74) is 3.55. The van der Waals surface area contributed by atoms with Crippen molar-refractivity contribution in [3.05, 3.63) is 86.7 Å². The Balaban J connectivity index is 1.91. The predicted octanol–water partition coefficient (Wildman–Crippen LogP) is 5.17. The van der Waals surface area contributed by atoms with Gasteiger partial charge in [0.05, 0.1) is 25.9 Å². The molecule has 7 nitrogen and oxygen atoms in total. The summed E-state index contributed by atoms with van der Waals surface area (Å²) < 4.78 is 17.2. The molecule has 194 valence electrons. The molecule has 1 aliphatic heterocycles. The lowest BCUT2D eigenvalue weighted by Crippen LogP contribution is -2.43. The van der Waals surface area contributed by atoms with Gasteiger partial charge in [0.2, 0.25) is 0 Å². The van der Waals surface area contributed by atoms with Crippen LogP contribution in [-0.4, -0.2) is 38.0 Å². The zero-order valence-corrected chi connectivity index (χ0v) is 22.9. The Labute approximate surface area is 225 Å². The Bertz CT molecular complexity index is 1280. The van der Waals surface area contributed by atoms with Crippen LogP contribution in [0.25, 0.3) is 0 Å². The van der Waals surface area contributed by atoms with Crippen molar-refractivity contribution < 1.29 is 28.6 Å². The zero-order chi connectivity index (χ0) is 26.7. The number of carbonyl (C=O) groups is 3. The number of nitrogens with one attached hydrogen (secondary N) is 1. The molecule has 0 spiro atoms. The van der Waals surface area contributed by atoms with E-state index in [9.17, 15) is 14.4 Å². The number of ketones is 1. The number of esters is 2. The molecule has 0 saturated heterocycles. The zero-order valence-electron chi connectivity index (χ0n) is 21.3. The fourth-order valence-corrected chi connectivity index (χ4v) is 5.53. The van der Waals surface area contributed by atoms with Crippen LogP contribution in [0, 0.1) is 5.92 Å². The molecule has 1 N–H and O–H groups in total. The van der Waals surface area contributed by atoms with Crippen LogP contribution < -0.4 is 10.1 Å². The van der Waals surface area contributed by atoms with Crippen molar-refractivity contribution in [2.75, 3.05) is 20.3 Å². The summed E-state index contributed by atoms with van der Waals surface area (Å²) in [6, 6.07) is 14.9. The Morgan fingerprint density at radius 3 is 2.35 bits per heavy atom. The van der Waals surface area contributed by atoms with E-state index in [-0.39, 0.29) is 19.0 Å². The van der Waals surface area contributed by atoms with E-state index in [0.717, 1.165) is 15.6 Å². The molecule has 8 heteroatoms. The number of methoxy groups -OCH3 is 1. The van der Waals surface area contributed by atoms with Gasteiger partial charge in [0.1, 0.15) is 11.7 Å². The van der Waals surface area contributed by atoms with Gasteiger partial charge in [-0.1, -0.05) is 46.3 Å². The van der Waals surface area contributed by atoms with Gasteiger partial charge in [0, 0.05) is 33.3 Å². The molecule has 0 unspecified atom stereocenters. The largest absolute Gasteiger partial charge is 0.496 e. The van der Waals surface area contributed by atoms with Crippen molar-refractivity contribution >= 4 is 33.7 Å². The van der Waals surface area contributed by atoms with Gasteiger partial charge in [0.25, 0.3) is 0 Å². The summed E-state index contributed by atoms with van der Waals surface area (Å²) in [6.07, 6.45) is 0.366. The first-order valence-corrected chi connectivity index (χ1v) is 13.1. The molecule has 0 aromatic heterocycles. The second kappa shape index (κ2) is 11.3. The van der Waals surface area contributed by atoms with Crippen molar-refractivity contribution in [3.8, 4) is 5.75 Å². The number of allylic oxidation sites excluding steroid dienone is 3. The quantitative estimate of drug-likeness (QED) is 0.364. The molecule has 3 atom stereocenters. The summed E-state index contributed by atoms with van der Waals surface area (Å²) in [5.74, 6) is -3.14. The first kappa shape index (κ1) is 26.7. The Hall–Kier alpha value is -3.39. The summed E-state index contributed by atoms with van der Waals surface area (Å²) in [6.45, 7) is 5.61. The summed E-state index contributed by atoms with van der Waals surface area (Å²) in [7, 11) is 1.56. The highest BCUT2D eigenvalue weighted by Gasteiger charge is 2.49. The third-order valence-corrected chi connectivity index (χ3v) is 7.33. The smallest absolute Gasteiger partial charge is 0.336 e. The highest BCUT2D eigenvalue weighted by atomic mass is 79.9. The number of para-hydroxylation sites is 1. The molecule has 0 saturated carbocycles. The molecule has 4 rings (SSSR count). The Kier molecular flexibility index (Phi) is 8.17. The van der Waals surface area contributed by atoms with Crippen LogP contribution in [0.5, 0.6) is 5.75 Å². The van der Waals surface area contributed by atoms with E-state index in [1.165, 1.54) is 0 Å². The average molecular weight is 568 g/mol. The number of hydrogen-bond acceptors (Lipinski definition) is 7. The molecular formula is C29H30BrNO6. The van der Waals surface area contributed by atoms with Crippen molar-refractivity contribution in [2.45, 2.75) is 39.0 Å².